The van der Waals surface area contributed by atoms with Crippen LogP contribution in [0.2, 0.25) is 0 Å². The van der Waals surface area contributed by atoms with Crippen molar-refractivity contribution in [3.63, 3.8) is 0 Å². The molecule has 0 saturated heterocycles. The van der Waals surface area contributed by atoms with Crippen LogP contribution in [0.3, 0.4) is 0 Å². The van der Waals surface area contributed by atoms with Crippen LogP contribution in [0.4, 0.5) is 0 Å². The standard InChI is InChI=1S/C9H16O3S/c1-3-6(2)13-9(8(11)12)4-7(9)5-10/h6-7,10H,3-5H2,1-2H3,(H,11,12). The van der Waals surface area contributed by atoms with Gasteiger partial charge in [0.2, 0.25) is 0 Å². The zero-order chi connectivity index (χ0) is 10.1. The Balaban J connectivity index is 2.57. The third kappa shape index (κ3) is 1.99. The van der Waals surface area contributed by atoms with Crippen LogP contribution in [0.25, 0.3) is 0 Å². The molecule has 0 aromatic carbocycles. The van der Waals surface area contributed by atoms with Crippen LogP contribution in [-0.2, 0) is 4.79 Å². The molecule has 0 aromatic heterocycles. The van der Waals surface area contributed by atoms with Gasteiger partial charge in [-0.25, -0.2) is 0 Å². The van der Waals surface area contributed by atoms with Gasteiger partial charge in [0, 0.05) is 17.8 Å². The van der Waals surface area contributed by atoms with Gasteiger partial charge < -0.3 is 10.2 Å². The molecule has 76 valence electrons. The summed E-state index contributed by atoms with van der Waals surface area (Å²) in [5.41, 5.74) is 0. The van der Waals surface area contributed by atoms with Gasteiger partial charge in [-0.3, -0.25) is 4.79 Å². The topological polar surface area (TPSA) is 57.5 Å². The number of thioether (sulfide) groups is 1. The lowest BCUT2D eigenvalue weighted by Gasteiger charge is -2.15. The quantitative estimate of drug-likeness (QED) is 0.710. The van der Waals surface area contributed by atoms with Gasteiger partial charge in [-0.15, -0.1) is 11.8 Å². The molecule has 3 atom stereocenters. The first-order valence-electron chi connectivity index (χ1n) is 4.59. The lowest BCUT2D eigenvalue weighted by atomic mass is 10.3. The Labute approximate surface area is 82.5 Å². The van der Waals surface area contributed by atoms with E-state index in [0.717, 1.165) is 6.42 Å². The van der Waals surface area contributed by atoms with Gasteiger partial charge in [-0.1, -0.05) is 13.8 Å². The van der Waals surface area contributed by atoms with Crippen LogP contribution >= 0.6 is 11.8 Å². The van der Waals surface area contributed by atoms with Crippen molar-refractivity contribution in [3.8, 4) is 0 Å². The van der Waals surface area contributed by atoms with Crippen molar-refractivity contribution >= 4 is 17.7 Å². The number of hydrogen-bond donors (Lipinski definition) is 2. The largest absolute Gasteiger partial charge is 0.480 e. The maximum atomic E-state index is 11.0. The summed E-state index contributed by atoms with van der Waals surface area (Å²) in [6, 6.07) is 0. The fourth-order valence-electron chi connectivity index (χ4n) is 1.42. The molecule has 3 nitrogen and oxygen atoms in total. The minimum absolute atomic E-state index is 0.00423. The maximum Gasteiger partial charge on any atom is 0.320 e. The Morgan fingerprint density at radius 3 is 2.69 bits per heavy atom. The second-order valence-corrected chi connectivity index (χ2v) is 5.38. The molecule has 1 saturated carbocycles. The first kappa shape index (κ1) is 10.9. The number of hydrogen-bond acceptors (Lipinski definition) is 3. The van der Waals surface area contributed by atoms with Crippen LogP contribution in [-0.4, -0.2) is 32.8 Å². The molecule has 1 fully saturated rings. The SMILES string of the molecule is CCC(C)SC1(C(=O)O)CC1CO. The molecule has 0 aliphatic heterocycles. The van der Waals surface area contributed by atoms with E-state index in [1.807, 2.05) is 13.8 Å². The summed E-state index contributed by atoms with van der Waals surface area (Å²) >= 11 is 1.49. The second kappa shape index (κ2) is 3.88. The van der Waals surface area contributed by atoms with Gasteiger partial charge in [0.25, 0.3) is 0 Å². The van der Waals surface area contributed by atoms with Gasteiger partial charge in [-0.2, -0.15) is 0 Å². The fourth-order valence-corrected chi connectivity index (χ4v) is 2.97. The Morgan fingerprint density at radius 2 is 2.38 bits per heavy atom. The number of carboxylic acids is 1. The van der Waals surface area contributed by atoms with Crippen molar-refractivity contribution in [1.29, 1.82) is 0 Å². The lowest BCUT2D eigenvalue weighted by Crippen LogP contribution is -2.24. The van der Waals surface area contributed by atoms with Crippen LogP contribution in [0, 0.1) is 5.92 Å². The molecular formula is C9H16O3S. The normalized spacial score (nSPS) is 34.2. The molecule has 1 aliphatic rings. The molecule has 13 heavy (non-hydrogen) atoms. The van der Waals surface area contributed by atoms with E-state index in [4.69, 9.17) is 10.2 Å². The molecule has 3 unspecified atom stereocenters. The fraction of sp³-hybridized carbons (Fsp3) is 0.889. The highest BCUT2D eigenvalue weighted by atomic mass is 32.2. The lowest BCUT2D eigenvalue weighted by molar-refractivity contribution is -0.137. The van der Waals surface area contributed by atoms with Crippen LogP contribution in [0.1, 0.15) is 26.7 Å². The third-order valence-corrected chi connectivity index (χ3v) is 4.45. The summed E-state index contributed by atoms with van der Waals surface area (Å²) in [5, 5.41) is 18.3. The van der Waals surface area contributed by atoms with E-state index in [-0.39, 0.29) is 12.5 Å². The van der Waals surface area contributed by atoms with Gasteiger partial charge >= 0.3 is 5.97 Å². The number of aliphatic hydroxyl groups excluding tert-OH is 1. The Bertz CT molecular complexity index is 207. The second-order valence-electron chi connectivity index (χ2n) is 3.61. The monoisotopic (exact) mass is 204 g/mol. The first-order chi connectivity index (χ1) is 6.06. The molecule has 0 spiro atoms. The number of carbonyl (C=O) groups is 1. The molecule has 0 bridgehead atoms. The molecule has 0 heterocycles. The van der Waals surface area contributed by atoms with E-state index in [2.05, 4.69) is 0 Å². The summed E-state index contributed by atoms with van der Waals surface area (Å²) in [7, 11) is 0. The highest BCUT2D eigenvalue weighted by Crippen LogP contribution is 2.55. The first-order valence-corrected chi connectivity index (χ1v) is 5.46. The van der Waals surface area contributed by atoms with Crippen LogP contribution in [0.5, 0.6) is 0 Å². The van der Waals surface area contributed by atoms with Gasteiger partial charge in [0.15, 0.2) is 0 Å². The maximum absolute atomic E-state index is 11.0. The Kier molecular flexibility index (Phi) is 3.24. The molecule has 0 radical (unpaired) electrons. The number of aliphatic hydroxyl groups is 1. The van der Waals surface area contributed by atoms with E-state index in [1.54, 1.807) is 0 Å². The van der Waals surface area contributed by atoms with Crippen molar-refractivity contribution in [2.24, 2.45) is 5.92 Å². The van der Waals surface area contributed by atoms with E-state index in [9.17, 15) is 4.79 Å². The minimum atomic E-state index is -0.767. The Morgan fingerprint density at radius 1 is 1.77 bits per heavy atom. The molecular weight excluding hydrogens is 188 g/mol. The third-order valence-electron chi connectivity index (χ3n) is 2.62. The minimum Gasteiger partial charge on any atom is -0.480 e. The predicted molar refractivity (Wildman–Crippen MR) is 52.9 cm³/mol. The van der Waals surface area contributed by atoms with Gasteiger partial charge in [0.1, 0.15) is 4.75 Å². The van der Waals surface area contributed by atoms with Crippen molar-refractivity contribution in [1.82, 2.24) is 0 Å². The van der Waals surface area contributed by atoms with Gasteiger partial charge in [0.05, 0.1) is 0 Å². The summed E-state index contributed by atoms with van der Waals surface area (Å²) in [4.78, 5) is 11.0. The zero-order valence-corrected chi connectivity index (χ0v) is 8.80. The molecule has 2 N–H and O–H groups in total. The summed E-state index contributed by atoms with van der Waals surface area (Å²) in [5.74, 6) is -0.805. The molecule has 1 aliphatic carbocycles. The van der Waals surface area contributed by atoms with E-state index < -0.39 is 10.7 Å². The highest BCUT2D eigenvalue weighted by Gasteiger charge is 2.61. The highest BCUT2D eigenvalue weighted by molar-refractivity contribution is 8.02. The van der Waals surface area contributed by atoms with Crippen LogP contribution < -0.4 is 0 Å². The number of carboxylic acid groups (broad SMARTS) is 1. The van der Waals surface area contributed by atoms with Crippen molar-refractivity contribution in [2.45, 2.75) is 36.7 Å². The average Bonchev–Trinajstić information content (AvgIpc) is 2.80. The number of aliphatic carboxylic acids is 1. The van der Waals surface area contributed by atoms with Crippen LogP contribution in [0.15, 0.2) is 0 Å². The van der Waals surface area contributed by atoms with Crippen molar-refractivity contribution < 1.29 is 15.0 Å². The average molecular weight is 204 g/mol. The molecule has 1 rings (SSSR count). The number of rotatable bonds is 5. The zero-order valence-electron chi connectivity index (χ0n) is 7.99. The van der Waals surface area contributed by atoms with E-state index in [1.165, 1.54) is 11.8 Å². The summed E-state index contributed by atoms with van der Waals surface area (Å²) in [6.07, 6.45) is 1.59. The summed E-state index contributed by atoms with van der Waals surface area (Å²) < 4.78 is -0.676. The van der Waals surface area contributed by atoms with Crippen molar-refractivity contribution in [2.75, 3.05) is 6.61 Å². The molecule has 0 amide bonds. The smallest absolute Gasteiger partial charge is 0.320 e. The van der Waals surface area contributed by atoms with E-state index in [0.29, 0.717) is 11.7 Å². The summed E-state index contributed by atoms with van der Waals surface area (Å²) in [6.45, 7) is 4.07. The predicted octanol–water partition coefficient (Wildman–Crippen LogP) is 1.35. The molecule has 4 heteroatoms. The van der Waals surface area contributed by atoms with E-state index >= 15 is 0 Å². The Hall–Kier alpha value is -0.220. The van der Waals surface area contributed by atoms with Gasteiger partial charge in [-0.05, 0) is 12.8 Å². The molecule has 0 aromatic rings. The van der Waals surface area contributed by atoms with Crippen molar-refractivity contribution in [3.05, 3.63) is 0 Å².